The van der Waals surface area contributed by atoms with E-state index >= 15 is 0 Å². The summed E-state index contributed by atoms with van der Waals surface area (Å²) in [5.74, 6) is 0. The lowest BCUT2D eigenvalue weighted by molar-refractivity contribution is -0.205. The molecule has 0 aromatic carbocycles. The van der Waals surface area contributed by atoms with E-state index in [1.54, 1.807) is 6.92 Å². The first kappa shape index (κ1) is 8.75. The summed E-state index contributed by atoms with van der Waals surface area (Å²) in [5, 5.41) is 8.26. The van der Waals surface area contributed by atoms with Crippen molar-refractivity contribution in [2.24, 2.45) is 0 Å². The van der Waals surface area contributed by atoms with Crippen LogP contribution >= 0.6 is 0 Å². The van der Waals surface area contributed by atoms with E-state index in [0.29, 0.717) is 6.42 Å². The van der Waals surface area contributed by atoms with Gasteiger partial charge in [-0.25, -0.2) is 0 Å². The third-order valence-corrected chi connectivity index (χ3v) is 0.940. The summed E-state index contributed by atoms with van der Waals surface area (Å²) in [6.07, 6.45) is -6.43. The highest BCUT2D eigenvalue weighted by atomic mass is 19.4. The van der Waals surface area contributed by atoms with Gasteiger partial charge in [0, 0.05) is 0 Å². The van der Waals surface area contributed by atoms with Crippen molar-refractivity contribution >= 4 is 0 Å². The van der Waals surface area contributed by atoms with Gasteiger partial charge in [0.05, 0.1) is 0 Å². The molecule has 9 heavy (non-hydrogen) atoms. The lowest BCUT2D eigenvalue weighted by Gasteiger charge is -2.12. The van der Waals surface area contributed by atoms with Gasteiger partial charge in [-0.3, -0.25) is 0 Å². The van der Waals surface area contributed by atoms with Crippen molar-refractivity contribution in [2.75, 3.05) is 0 Å². The number of halogens is 3. The van der Waals surface area contributed by atoms with Gasteiger partial charge in [0.2, 0.25) is 0 Å². The summed E-state index contributed by atoms with van der Waals surface area (Å²) in [4.78, 5) is 0. The van der Waals surface area contributed by atoms with Gasteiger partial charge < -0.3 is 5.11 Å². The Kier molecular flexibility index (Phi) is 2.97. The van der Waals surface area contributed by atoms with Crippen LogP contribution in [0.25, 0.3) is 0 Å². The molecule has 1 N–H and O–H groups in total. The Bertz CT molecular complexity index is 78.8. The van der Waals surface area contributed by atoms with Gasteiger partial charge in [0.25, 0.3) is 0 Å². The second-order valence-electron chi connectivity index (χ2n) is 1.85. The molecular weight excluding hydrogens is 133 g/mol. The van der Waals surface area contributed by atoms with Crippen molar-refractivity contribution in [2.45, 2.75) is 32.0 Å². The number of alkyl halides is 3. The van der Waals surface area contributed by atoms with Crippen molar-refractivity contribution in [3.63, 3.8) is 0 Å². The first-order valence-electron chi connectivity index (χ1n) is 2.73. The van der Waals surface area contributed by atoms with Gasteiger partial charge in [-0.1, -0.05) is 13.3 Å². The monoisotopic (exact) mass is 142 g/mol. The maximum Gasteiger partial charge on any atom is 0.414 e. The number of hydrogen-bond donors (Lipinski definition) is 1. The quantitative estimate of drug-likeness (QED) is 0.622. The lowest BCUT2D eigenvalue weighted by atomic mass is 10.2. The van der Waals surface area contributed by atoms with Crippen molar-refractivity contribution in [1.82, 2.24) is 0 Å². The van der Waals surface area contributed by atoms with E-state index in [1.165, 1.54) is 0 Å². The Labute approximate surface area is 51.5 Å². The predicted molar refractivity (Wildman–Crippen MR) is 27.0 cm³/mol. The van der Waals surface area contributed by atoms with Crippen molar-refractivity contribution in [3.05, 3.63) is 0 Å². The molecule has 0 aliphatic rings. The summed E-state index contributed by atoms with van der Waals surface area (Å²) < 4.78 is 34.2. The van der Waals surface area contributed by atoms with Crippen LogP contribution < -0.4 is 0 Å². The Balaban J connectivity index is 3.59. The molecule has 0 aliphatic heterocycles. The van der Waals surface area contributed by atoms with Gasteiger partial charge in [-0.05, 0) is 6.42 Å². The molecule has 0 fully saturated rings. The SMILES string of the molecule is CCCC(O)C(F)(F)F. The molecule has 0 aliphatic carbocycles. The Hall–Kier alpha value is -0.250. The minimum absolute atomic E-state index is 0.205. The maximum absolute atomic E-state index is 11.4. The van der Waals surface area contributed by atoms with Crippen LogP contribution in [0, 0.1) is 0 Å². The summed E-state index contributed by atoms with van der Waals surface area (Å²) in [7, 11) is 0. The molecule has 4 heteroatoms. The second-order valence-corrected chi connectivity index (χ2v) is 1.85. The average Bonchev–Trinajstić information content (AvgIpc) is 1.64. The highest BCUT2D eigenvalue weighted by molar-refractivity contribution is 4.62. The molecule has 0 heterocycles. The number of aliphatic hydroxyl groups is 1. The molecule has 0 spiro atoms. The minimum atomic E-state index is -4.43. The average molecular weight is 142 g/mol. The predicted octanol–water partition coefficient (Wildman–Crippen LogP) is 1.71. The summed E-state index contributed by atoms with van der Waals surface area (Å²) in [5.41, 5.74) is 0. The van der Waals surface area contributed by atoms with Crippen LogP contribution in [-0.2, 0) is 0 Å². The van der Waals surface area contributed by atoms with Gasteiger partial charge in [-0.2, -0.15) is 13.2 Å². The molecule has 0 aromatic rings. The number of aliphatic hydroxyl groups excluding tert-OH is 1. The number of rotatable bonds is 2. The van der Waals surface area contributed by atoms with Crippen LogP contribution in [0.2, 0.25) is 0 Å². The first-order chi connectivity index (χ1) is 3.98. The standard InChI is InChI=1S/C5H9F3O/c1-2-3-4(9)5(6,7)8/h4,9H,2-3H2,1H3. The topological polar surface area (TPSA) is 20.2 Å². The van der Waals surface area contributed by atoms with Crippen LogP contribution in [0.4, 0.5) is 13.2 Å². The zero-order valence-corrected chi connectivity index (χ0v) is 5.07. The Morgan fingerprint density at radius 2 is 1.89 bits per heavy atom. The molecule has 0 amide bonds. The molecule has 56 valence electrons. The van der Waals surface area contributed by atoms with E-state index in [9.17, 15) is 13.2 Å². The molecule has 0 aromatic heterocycles. The van der Waals surface area contributed by atoms with Gasteiger partial charge in [0.15, 0.2) is 0 Å². The van der Waals surface area contributed by atoms with E-state index in [2.05, 4.69) is 0 Å². The fourth-order valence-corrected chi connectivity index (χ4v) is 0.437. The van der Waals surface area contributed by atoms with E-state index in [4.69, 9.17) is 5.11 Å². The van der Waals surface area contributed by atoms with E-state index < -0.39 is 12.3 Å². The second kappa shape index (κ2) is 3.06. The molecule has 0 radical (unpaired) electrons. The fraction of sp³-hybridized carbons (Fsp3) is 1.00. The van der Waals surface area contributed by atoms with Crippen LogP contribution in [0.3, 0.4) is 0 Å². The third kappa shape index (κ3) is 3.35. The zero-order valence-electron chi connectivity index (χ0n) is 5.07. The smallest absolute Gasteiger partial charge is 0.384 e. The van der Waals surface area contributed by atoms with Crippen molar-refractivity contribution in [3.8, 4) is 0 Å². The Morgan fingerprint density at radius 1 is 1.44 bits per heavy atom. The molecule has 0 saturated carbocycles. The Morgan fingerprint density at radius 3 is 2.00 bits per heavy atom. The minimum Gasteiger partial charge on any atom is -0.384 e. The van der Waals surface area contributed by atoms with Crippen LogP contribution in [0.5, 0.6) is 0 Å². The highest BCUT2D eigenvalue weighted by Gasteiger charge is 2.36. The van der Waals surface area contributed by atoms with Gasteiger partial charge in [0.1, 0.15) is 6.10 Å². The van der Waals surface area contributed by atoms with Crippen LogP contribution in [0.15, 0.2) is 0 Å². The number of hydrogen-bond acceptors (Lipinski definition) is 1. The lowest BCUT2D eigenvalue weighted by Crippen LogP contribution is -2.27. The zero-order chi connectivity index (χ0) is 7.49. The van der Waals surface area contributed by atoms with Gasteiger partial charge >= 0.3 is 6.18 Å². The molecule has 0 rings (SSSR count). The largest absolute Gasteiger partial charge is 0.414 e. The molecular formula is C5H9F3O. The highest BCUT2D eigenvalue weighted by Crippen LogP contribution is 2.22. The van der Waals surface area contributed by atoms with Crippen molar-refractivity contribution in [1.29, 1.82) is 0 Å². The molecule has 0 bridgehead atoms. The van der Waals surface area contributed by atoms with Crippen LogP contribution in [-0.4, -0.2) is 17.4 Å². The molecule has 1 nitrogen and oxygen atoms in total. The van der Waals surface area contributed by atoms with Gasteiger partial charge in [-0.15, -0.1) is 0 Å². The normalized spacial score (nSPS) is 15.7. The van der Waals surface area contributed by atoms with Crippen LogP contribution in [0.1, 0.15) is 19.8 Å². The van der Waals surface area contributed by atoms with Crippen molar-refractivity contribution < 1.29 is 18.3 Å². The van der Waals surface area contributed by atoms with E-state index in [0.717, 1.165) is 0 Å². The van der Waals surface area contributed by atoms with E-state index in [1.807, 2.05) is 0 Å². The van der Waals surface area contributed by atoms with E-state index in [-0.39, 0.29) is 6.42 Å². The maximum atomic E-state index is 11.4. The molecule has 1 unspecified atom stereocenters. The molecule has 0 saturated heterocycles. The first-order valence-corrected chi connectivity index (χ1v) is 2.73. The summed E-state index contributed by atoms with van der Waals surface area (Å²) in [6.45, 7) is 1.59. The summed E-state index contributed by atoms with van der Waals surface area (Å²) >= 11 is 0. The fourth-order valence-electron chi connectivity index (χ4n) is 0.437. The third-order valence-electron chi connectivity index (χ3n) is 0.940. The summed E-state index contributed by atoms with van der Waals surface area (Å²) in [6, 6.07) is 0. The molecule has 1 atom stereocenters.